The molecule has 10 heteroatoms. The second kappa shape index (κ2) is 12.5. The van der Waals surface area contributed by atoms with Crippen molar-refractivity contribution in [3.63, 3.8) is 0 Å². The first-order valence-corrected chi connectivity index (χ1v) is 13.4. The van der Waals surface area contributed by atoms with Crippen LogP contribution in [0, 0.1) is 12.3 Å². The van der Waals surface area contributed by atoms with E-state index in [9.17, 15) is 14.4 Å². The number of benzene rings is 2. The van der Waals surface area contributed by atoms with Gasteiger partial charge in [-0.3, -0.25) is 9.59 Å². The Morgan fingerprint density at radius 1 is 1.16 bits per heavy atom. The van der Waals surface area contributed by atoms with E-state index >= 15 is 0 Å². The lowest BCUT2D eigenvalue weighted by Gasteiger charge is -2.55. The van der Waals surface area contributed by atoms with E-state index in [1.54, 1.807) is 33.0 Å². The number of nitrogens with zero attached hydrogens (tertiary/aromatic N) is 4. The van der Waals surface area contributed by atoms with Crippen LogP contribution in [0.15, 0.2) is 48.5 Å². The summed E-state index contributed by atoms with van der Waals surface area (Å²) < 4.78 is 0. The molecule has 2 heterocycles. The summed E-state index contributed by atoms with van der Waals surface area (Å²) >= 11 is 12.5. The van der Waals surface area contributed by atoms with E-state index in [1.165, 1.54) is 5.01 Å². The van der Waals surface area contributed by atoms with Crippen molar-refractivity contribution in [3.05, 3.63) is 69.7 Å². The maximum atomic E-state index is 13.7. The van der Waals surface area contributed by atoms with Crippen molar-refractivity contribution in [2.75, 3.05) is 19.6 Å². The first-order valence-electron chi connectivity index (χ1n) is 12.7. The third-order valence-corrected chi connectivity index (χ3v) is 7.39. The molecule has 2 aliphatic rings. The predicted octanol–water partition coefficient (Wildman–Crippen LogP) is 4.12. The first kappa shape index (κ1) is 27.8. The number of halogens is 2. The van der Waals surface area contributed by atoms with Crippen LogP contribution < -0.4 is 5.32 Å². The second-order valence-electron chi connectivity index (χ2n) is 9.41. The fraction of sp³-hybridized carbons (Fsp3) is 0.393. The molecule has 2 aromatic carbocycles. The average molecular weight is 556 g/mol. The number of rotatable bonds is 8. The highest BCUT2D eigenvalue weighted by molar-refractivity contribution is 6.35. The van der Waals surface area contributed by atoms with Gasteiger partial charge < -0.3 is 15.1 Å². The van der Waals surface area contributed by atoms with Crippen molar-refractivity contribution in [2.24, 2.45) is 0 Å². The molecule has 2 saturated heterocycles. The van der Waals surface area contributed by atoms with Crippen LogP contribution in [0.1, 0.15) is 37.3 Å². The van der Waals surface area contributed by atoms with E-state index in [1.807, 2.05) is 37.3 Å². The smallest absolute Gasteiger partial charge is 0.333 e. The number of carbonyl (C=O) groups is 3. The second-order valence-corrected chi connectivity index (χ2v) is 10.3. The number of amides is 4. The molecule has 8 nitrogen and oxygen atoms in total. The third-order valence-electron chi connectivity index (χ3n) is 6.81. The Kier molecular flexibility index (Phi) is 9.16. The van der Waals surface area contributed by atoms with Crippen LogP contribution in [-0.2, 0) is 22.7 Å². The molecule has 0 radical (unpaired) electrons. The van der Waals surface area contributed by atoms with E-state index in [4.69, 9.17) is 29.6 Å². The highest BCUT2D eigenvalue weighted by atomic mass is 35.5. The van der Waals surface area contributed by atoms with Gasteiger partial charge in [0, 0.05) is 23.1 Å². The Hall–Kier alpha value is -3.25. The van der Waals surface area contributed by atoms with Gasteiger partial charge in [0.2, 0.25) is 11.8 Å². The quantitative estimate of drug-likeness (QED) is 0.497. The van der Waals surface area contributed by atoms with Crippen molar-refractivity contribution < 1.29 is 14.4 Å². The normalized spacial score (nSPS) is 19.8. The molecule has 2 atom stereocenters. The summed E-state index contributed by atoms with van der Waals surface area (Å²) in [6.07, 6.45) is 7.01. The van der Waals surface area contributed by atoms with Crippen molar-refractivity contribution >= 4 is 41.0 Å². The highest BCUT2D eigenvalue weighted by Gasteiger charge is 2.51. The number of fused-ring (bicyclic) bond motifs is 1. The van der Waals surface area contributed by atoms with E-state index < -0.39 is 12.2 Å². The van der Waals surface area contributed by atoms with E-state index in [0.29, 0.717) is 23.0 Å². The van der Waals surface area contributed by atoms with Gasteiger partial charge in [-0.1, -0.05) is 85.3 Å². The molecule has 0 unspecified atom stereocenters. The van der Waals surface area contributed by atoms with Crippen molar-refractivity contribution in [1.82, 2.24) is 25.1 Å². The Balaban J connectivity index is 1.66. The van der Waals surface area contributed by atoms with E-state index in [0.717, 1.165) is 24.0 Å². The van der Waals surface area contributed by atoms with E-state index in [2.05, 4.69) is 11.2 Å². The Morgan fingerprint density at radius 3 is 2.61 bits per heavy atom. The SMILES string of the molecule is C#CCN1CC(=O)N2[C@@H](CCCC)C(=O)N(Cc3ccc(Cl)cc3Cl)C[C@@H]2N1C(=O)NCc1ccccc1. The lowest BCUT2D eigenvalue weighted by molar-refractivity contribution is -0.189. The molecule has 2 aliphatic heterocycles. The lowest BCUT2D eigenvalue weighted by Crippen LogP contribution is -2.76. The number of piperazine rings is 1. The average Bonchev–Trinajstić information content (AvgIpc) is 2.90. The summed E-state index contributed by atoms with van der Waals surface area (Å²) in [6.45, 7) is 2.68. The van der Waals surface area contributed by atoms with Gasteiger partial charge in [-0.25, -0.2) is 9.80 Å². The number of unbranched alkanes of at least 4 members (excludes halogenated alkanes) is 1. The Bertz CT molecular complexity index is 1220. The zero-order chi connectivity index (χ0) is 27.2. The molecule has 1 N–H and O–H groups in total. The summed E-state index contributed by atoms with van der Waals surface area (Å²) in [5.74, 6) is 2.16. The number of hydrogen-bond acceptors (Lipinski definition) is 4. The zero-order valence-corrected chi connectivity index (χ0v) is 22.8. The third kappa shape index (κ3) is 6.07. The first-order chi connectivity index (χ1) is 18.3. The Morgan fingerprint density at radius 2 is 1.92 bits per heavy atom. The largest absolute Gasteiger partial charge is 0.334 e. The molecule has 38 heavy (non-hydrogen) atoms. The van der Waals surface area contributed by atoms with Gasteiger partial charge in [0.1, 0.15) is 12.2 Å². The maximum absolute atomic E-state index is 13.7. The van der Waals surface area contributed by atoms with Crippen LogP contribution in [0.25, 0.3) is 0 Å². The van der Waals surface area contributed by atoms with Crippen molar-refractivity contribution in [2.45, 2.75) is 51.5 Å². The van der Waals surface area contributed by atoms with Gasteiger partial charge >= 0.3 is 6.03 Å². The van der Waals surface area contributed by atoms with Gasteiger partial charge in [0.05, 0.1) is 19.6 Å². The molecule has 2 aromatic rings. The summed E-state index contributed by atoms with van der Waals surface area (Å²) in [6, 6.07) is 13.6. The van der Waals surface area contributed by atoms with Crippen LogP contribution in [0.4, 0.5) is 4.79 Å². The van der Waals surface area contributed by atoms with Gasteiger partial charge in [-0.2, -0.15) is 5.01 Å². The summed E-state index contributed by atoms with van der Waals surface area (Å²) in [4.78, 5) is 43.9. The minimum absolute atomic E-state index is 0.0748. The molecule has 0 aromatic heterocycles. The van der Waals surface area contributed by atoms with Gasteiger partial charge in [0.15, 0.2) is 0 Å². The predicted molar refractivity (Wildman–Crippen MR) is 147 cm³/mol. The number of terminal acetylenes is 1. The van der Waals surface area contributed by atoms with Crippen molar-refractivity contribution in [3.8, 4) is 12.3 Å². The molecular weight excluding hydrogens is 525 g/mol. The molecule has 0 saturated carbocycles. The fourth-order valence-corrected chi connectivity index (χ4v) is 5.43. The van der Waals surface area contributed by atoms with Crippen LogP contribution in [-0.4, -0.2) is 69.5 Å². The number of carbonyl (C=O) groups excluding carboxylic acids is 3. The molecule has 0 aliphatic carbocycles. The molecule has 200 valence electrons. The van der Waals surface area contributed by atoms with Gasteiger partial charge in [0.25, 0.3) is 0 Å². The zero-order valence-electron chi connectivity index (χ0n) is 21.3. The van der Waals surface area contributed by atoms with Gasteiger partial charge in [-0.15, -0.1) is 6.42 Å². The maximum Gasteiger partial charge on any atom is 0.334 e. The van der Waals surface area contributed by atoms with Crippen LogP contribution in [0.5, 0.6) is 0 Å². The van der Waals surface area contributed by atoms with Crippen LogP contribution in [0.3, 0.4) is 0 Å². The standard InChI is InChI=1S/C28H31Cl2N5O3/c1-3-5-11-24-27(37)32(17-21-12-13-22(29)15-23(21)30)18-25-34(24)26(36)19-33(14-4-2)35(25)28(38)31-16-20-9-7-6-8-10-20/h2,6-10,12-13,15,24-25H,3,5,11,14,16-19H2,1H3,(H,31,38)/t24-,25-/m0/s1. The minimum atomic E-state index is -0.717. The van der Waals surface area contributed by atoms with Crippen LogP contribution >= 0.6 is 23.2 Å². The number of hydrogen-bond donors (Lipinski definition) is 1. The number of nitrogens with one attached hydrogen (secondary N) is 1. The Labute approximate surface area is 233 Å². The highest BCUT2D eigenvalue weighted by Crippen LogP contribution is 2.31. The van der Waals surface area contributed by atoms with Gasteiger partial charge in [-0.05, 0) is 29.7 Å². The summed E-state index contributed by atoms with van der Waals surface area (Å²) in [5, 5.41) is 6.98. The lowest BCUT2D eigenvalue weighted by atomic mass is 10.0. The molecule has 4 amide bonds. The summed E-state index contributed by atoms with van der Waals surface area (Å²) in [7, 11) is 0. The molecule has 2 fully saturated rings. The summed E-state index contributed by atoms with van der Waals surface area (Å²) in [5.41, 5.74) is 1.67. The molecule has 0 bridgehead atoms. The monoisotopic (exact) mass is 555 g/mol. The fourth-order valence-electron chi connectivity index (χ4n) is 4.96. The number of urea groups is 1. The molecule has 4 rings (SSSR count). The van der Waals surface area contributed by atoms with Crippen molar-refractivity contribution in [1.29, 1.82) is 0 Å². The molecule has 0 spiro atoms. The van der Waals surface area contributed by atoms with Crippen LogP contribution in [0.2, 0.25) is 10.0 Å². The molecular formula is C28H31Cl2N5O3. The number of hydrazine groups is 1. The minimum Gasteiger partial charge on any atom is -0.333 e. The topological polar surface area (TPSA) is 76.2 Å². The van der Waals surface area contributed by atoms with E-state index in [-0.39, 0.29) is 44.0 Å².